The summed E-state index contributed by atoms with van der Waals surface area (Å²) < 4.78 is 30.1. The van der Waals surface area contributed by atoms with E-state index in [1.807, 2.05) is 0 Å². The van der Waals surface area contributed by atoms with Crippen LogP contribution in [0.15, 0.2) is 41.0 Å². The monoisotopic (exact) mass is 431 g/mol. The maximum Gasteiger partial charge on any atom is 0.487 e. The highest BCUT2D eigenvalue weighted by Crippen LogP contribution is 2.29. The standard InChI is InChI=1S/C16H13BrClF2N3O2/c17-13-8-10(9-21-14(13)23-6-1-7-23)15(24)22-11-2-4-12(5-3-11)25-16(18,19)20/h2-5,8-9H,1,6-7H2,(H,22,24). The van der Waals surface area contributed by atoms with Gasteiger partial charge in [0.25, 0.3) is 5.91 Å². The molecule has 0 aliphatic carbocycles. The number of anilines is 2. The lowest BCUT2D eigenvalue weighted by Crippen LogP contribution is -2.37. The zero-order valence-electron chi connectivity index (χ0n) is 12.8. The van der Waals surface area contributed by atoms with Crippen LogP contribution in [0.2, 0.25) is 0 Å². The molecule has 0 radical (unpaired) electrons. The van der Waals surface area contributed by atoms with Crippen LogP contribution in [-0.2, 0) is 0 Å². The van der Waals surface area contributed by atoms with Gasteiger partial charge in [-0.15, -0.1) is 8.78 Å². The van der Waals surface area contributed by atoms with Gasteiger partial charge in [-0.05, 0) is 52.7 Å². The summed E-state index contributed by atoms with van der Waals surface area (Å²) in [6.07, 6.45) is 2.63. The lowest BCUT2D eigenvalue weighted by molar-refractivity contribution is -0.0964. The van der Waals surface area contributed by atoms with Crippen LogP contribution in [0.5, 0.6) is 5.75 Å². The maximum atomic E-state index is 12.6. The van der Waals surface area contributed by atoms with Gasteiger partial charge in [0, 0.05) is 36.6 Å². The van der Waals surface area contributed by atoms with Crippen molar-refractivity contribution in [3.63, 3.8) is 0 Å². The number of nitrogens with one attached hydrogen (secondary N) is 1. The van der Waals surface area contributed by atoms with Gasteiger partial charge in [0.1, 0.15) is 11.6 Å². The molecular formula is C16H13BrClF2N3O2. The number of halogens is 4. The molecule has 9 heteroatoms. The molecule has 1 amide bonds. The molecule has 1 aromatic heterocycles. The summed E-state index contributed by atoms with van der Waals surface area (Å²) in [7, 11) is 0. The summed E-state index contributed by atoms with van der Waals surface area (Å²) in [4.78, 5) is 18.7. The molecule has 25 heavy (non-hydrogen) atoms. The maximum absolute atomic E-state index is 12.6. The average Bonchev–Trinajstić information content (AvgIpc) is 2.48. The minimum atomic E-state index is -3.78. The Bertz CT molecular complexity index is 780. The largest absolute Gasteiger partial charge is 0.487 e. The minimum absolute atomic E-state index is 0.110. The number of ether oxygens (including phenoxy) is 1. The molecule has 1 fully saturated rings. The summed E-state index contributed by atoms with van der Waals surface area (Å²) in [6, 6.07) is 7.14. The second-order valence-electron chi connectivity index (χ2n) is 5.40. The molecule has 1 aromatic carbocycles. The molecule has 1 aliphatic rings. The summed E-state index contributed by atoms with van der Waals surface area (Å²) in [5.74, 6) is 0.340. The Labute approximate surface area is 156 Å². The minimum Gasteiger partial charge on any atom is -0.420 e. The number of hydrogen-bond donors (Lipinski definition) is 1. The smallest absolute Gasteiger partial charge is 0.420 e. The first kappa shape index (κ1) is 17.9. The molecule has 1 aliphatic heterocycles. The number of carbonyl (C=O) groups is 1. The van der Waals surface area contributed by atoms with Gasteiger partial charge in [-0.25, -0.2) is 4.98 Å². The van der Waals surface area contributed by atoms with Crippen molar-refractivity contribution in [2.24, 2.45) is 0 Å². The highest BCUT2D eigenvalue weighted by molar-refractivity contribution is 9.10. The first-order chi connectivity index (χ1) is 11.8. The zero-order chi connectivity index (χ0) is 18.0. The lowest BCUT2D eigenvalue weighted by atomic mass is 10.2. The van der Waals surface area contributed by atoms with Crippen molar-refractivity contribution in [1.82, 2.24) is 4.98 Å². The second kappa shape index (κ2) is 7.13. The van der Waals surface area contributed by atoms with E-state index in [1.165, 1.54) is 30.5 Å². The van der Waals surface area contributed by atoms with Crippen molar-refractivity contribution in [2.75, 3.05) is 23.3 Å². The fourth-order valence-electron chi connectivity index (χ4n) is 2.26. The Balaban J connectivity index is 1.66. The first-order valence-electron chi connectivity index (χ1n) is 7.39. The molecule has 3 rings (SSSR count). The third-order valence-electron chi connectivity index (χ3n) is 3.59. The molecule has 0 spiro atoms. The topological polar surface area (TPSA) is 54.5 Å². The van der Waals surface area contributed by atoms with Crippen LogP contribution in [0, 0.1) is 0 Å². The lowest BCUT2D eigenvalue weighted by Gasteiger charge is -2.32. The van der Waals surface area contributed by atoms with E-state index < -0.39 is 5.57 Å². The summed E-state index contributed by atoms with van der Waals surface area (Å²) >= 11 is 8.13. The molecular weight excluding hydrogens is 420 g/mol. The highest BCUT2D eigenvalue weighted by Gasteiger charge is 2.27. The fourth-order valence-corrected chi connectivity index (χ4v) is 2.95. The fraction of sp³-hybridized carbons (Fsp3) is 0.250. The van der Waals surface area contributed by atoms with Crippen LogP contribution >= 0.6 is 27.5 Å². The predicted molar refractivity (Wildman–Crippen MR) is 94.6 cm³/mol. The number of alkyl halides is 3. The van der Waals surface area contributed by atoms with Gasteiger partial charge in [-0.3, -0.25) is 4.79 Å². The first-order valence-corrected chi connectivity index (χ1v) is 8.56. The van der Waals surface area contributed by atoms with E-state index >= 15 is 0 Å². The number of aromatic nitrogens is 1. The Morgan fingerprint density at radius 3 is 2.52 bits per heavy atom. The molecule has 0 bridgehead atoms. The van der Waals surface area contributed by atoms with E-state index in [4.69, 9.17) is 11.6 Å². The number of carbonyl (C=O) groups excluding carboxylic acids is 1. The quantitative estimate of drug-likeness (QED) is 0.708. The normalized spacial score (nSPS) is 14.0. The highest BCUT2D eigenvalue weighted by atomic mass is 79.9. The number of rotatable bonds is 5. The van der Waals surface area contributed by atoms with Gasteiger partial charge in [0.05, 0.1) is 10.0 Å². The predicted octanol–water partition coefficient (Wildman–Crippen LogP) is 4.47. The number of pyridine rings is 1. The van der Waals surface area contributed by atoms with Crippen LogP contribution in [-0.4, -0.2) is 29.5 Å². The molecule has 132 valence electrons. The molecule has 2 heterocycles. The third-order valence-corrected chi connectivity index (χ3v) is 4.25. The van der Waals surface area contributed by atoms with Gasteiger partial charge in [0.2, 0.25) is 0 Å². The number of hydrogen-bond acceptors (Lipinski definition) is 4. The van der Waals surface area contributed by atoms with Crippen LogP contribution in [0.25, 0.3) is 0 Å². The Morgan fingerprint density at radius 2 is 2.00 bits per heavy atom. The van der Waals surface area contributed by atoms with Crippen molar-refractivity contribution in [2.45, 2.75) is 12.0 Å². The van der Waals surface area contributed by atoms with E-state index in [2.05, 4.69) is 35.9 Å². The molecule has 5 nitrogen and oxygen atoms in total. The Morgan fingerprint density at radius 1 is 1.32 bits per heavy atom. The summed E-state index contributed by atoms with van der Waals surface area (Å²) in [6.45, 7) is 1.90. The van der Waals surface area contributed by atoms with E-state index in [9.17, 15) is 13.6 Å². The van der Waals surface area contributed by atoms with Crippen LogP contribution in [0.3, 0.4) is 0 Å². The molecule has 0 atom stereocenters. The Kier molecular flexibility index (Phi) is 5.10. The van der Waals surface area contributed by atoms with E-state index in [-0.39, 0.29) is 11.7 Å². The SMILES string of the molecule is O=C(Nc1ccc(OC(F)(F)Cl)cc1)c1cnc(N2CCC2)c(Br)c1. The van der Waals surface area contributed by atoms with Gasteiger partial charge < -0.3 is 15.0 Å². The van der Waals surface area contributed by atoms with Crippen LogP contribution in [0.1, 0.15) is 16.8 Å². The van der Waals surface area contributed by atoms with Crippen molar-refractivity contribution in [3.8, 4) is 5.75 Å². The number of benzene rings is 1. The van der Waals surface area contributed by atoms with Gasteiger partial charge in [-0.2, -0.15) is 0 Å². The van der Waals surface area contributed by atoms with E-state index in [1.54, 1.807) is 6.07 Å². The summed E-state index contributed by atoms with van der Waals surface area (Å²) in [5, 5.41) is 2.66. The number of amides is 1. The van der Waals surface area contributed by atoms with Crippen LogP contribution < -0.4 is 15.0 Å². The van der Waals surface area contributed by atoms with E-state index in [0.29, 0.717) is 11.3 Å². The van der Waals surface area contributed by atoms with E-state index in [0.717, 1.165) is 29.8 Å². The molecule has 0 saturated carbocycles. The molecule has 1 N–H and O–H groups in total. The average molecular weight is 433 g/mol. The van der Waals surface area contributed by atoms with Gasteiger partial charge >= 0.3 is 5.57 Å². The van der Waals surface area contributed by atoms with Gasteiger partial charge in [0.15, 0.2) is 0 Å². The number of nitrogens with zero attached hydrogens (tertiary/aromatic N) is 2. The van der Waals surface area contributed by atoms with Crippen LogP contribution in [0.4, 0.5) is 20.3 Å². The summed E-state index contributed by atoms with van der Waals surface area (Å²) in [5.41, 5.74) is -2.97. The molecule has 1 saturated heterocycles. The van der Waals surface area contributed by atoms with Crippen molar-refractivity contribution >= 4 is 44.9 Å². The van der Waals surface area contributed by atoms with Gasteiger partial charge in [-0.1, -0.05) is 0 Å². The van der Waals surface area contributed by atoms with Crippen molar-refractivity contribution in [3.05, 3.63) is 46.6 Å². The van der Waals surface area contributed by atoms with Crippen molar-refractivity contribution < 1.29 is 18.3 Å². The van der Waals surface area contributed by atoms with Crippen molar-refractivity contribution in [1.29, 1.82) is 0 Å². The molecule has 2 aromatic rings. The Hall–Kier alpha value is -1.93. The third kappa shape index (κ3) is 4.58. The zero-order valence-corrected chi connectivity index (χ0v) is 15.2. The second-order valence-corrected chi connectivity index (χ2v) is 6.69. The molecule has 0 unspecified atom stereocenters.